The van der Waals surface area contributed by atoms with Gasteiger partial charge >= 0.3 is 0 Å². The molecular formula is C35H35F2N3O4S. The van der Waals surface area contributed by atoms with Crippen LogP contribution in [0.15, 0.2) is 114 Å². The summed E-state index contributed by atoms with van der Waals surface area (Å²) < 4.78 is 58.8. The van der Waals surface area contributed by atoms with Crippen LogP contribution in [0, 0.1) is 11.6 Å². The Kier molecular flexibility index (Phi) is 10.2. The molecule has 0 saturated heterocycles. The highest BCUT2D eigenvalue weighted by molar-refractivity contribution is 7.92. The standard InChI is InChI=1S/C35H35F2N3O4S/c36-30-20-10-7-15-27(30)24-39(33(23-26-13-3-1-4-14-26)35(42)38-28-16-8-9-17-28)34(41)25-40(32-22-12-11-21-31(32)37)45(43,44)29-18-5-2-6-19-29/h1-7,10-15,18-22,28,33H,8-9,16-17,23-25H2,(H,38,42). The monoisotopic (exact) mass is 631 g/mol. The van der Waals surface area contributed by atoms with Gasteiger partial charge in [0, 0.05) is 24.6 Å². The Morgan fingerprint density at radius 3 is 2.00 bits per heavy atom. The summed E-state index contributed by atoms with van der Waals surface area (Å²) in [6, 6.07) is 26.6. The van der Waals surface area contributed by atoms with E-state index < -0.39 is 46.1 Å². The van der Waals surface area contributed by atoms with E-state index in [-0.39, 0.29) is 35.2 Å². The van der Waals surface area contributed by atoms with Crippen molar-refractivity contribution in [2.24, 2.45) is 0 Å². The molecule has 2 amide bonds. The number of anilines is 1. The van der Waals surface area contributed by atoms with Crippen molar-refractivity contribution in [3.8, 4) is 0 Å². The minimum absolute atomic E-state index is 0.0606. The molecule has 0 radical (unpaired) electrons. The number of para-hydroxylation sites is 1. The van der Waals surface area contributed by atoms with E-state index in [1.807, 2.05) is 30.3 Å². The van der Waals surface area contributed by atoms with Gasteiger partial charge in [-0.25, -0.2) is 17.2 Å². The normalized spacial score (nSPS) is 14.1. The fourth-order valence-corrected chi connectivity index (χ4v) is 7.06. The van der Waals surface area contributed by atoms with Crippen LogP contribution >= 0.6 is 0 Å². The van der Waals surface area contributed by atoms with E-state index in [2.05, 4.69) is 5.32 Å². The first kappa shape index (κ1) is 31.8. The van der Waals surface area contributed by atoms with Crippen molar-refractivity contribution in [2.45, 2.75) is 55.6 Å². The topological polar surface area (TPSA) is 86.8 Å². The van der Waals surface area contributed by atoms with Crippen molar-refractivity contribution >= 4 is 27.5 Å². The fourth-order valence-electron chi connectivity index (χ4n) is 5.62. The molecule has 10 heteroatoms. The minimum Gasteiger partial charge on any atom is -0.352 e. The molecule has 4 aromatic rings. The molecule has 1 fully saturated rings. The number of benzene rings is 4. The lowest BCUT2D eigenvalue weighted by Gasteiger charge is -2.34. The van der Waals surface area contributed by atoms with E-state index in [0.29, 0.717) is 4.31 Å². The molecule has 1 atom stereocenters. The maximum absolute atomic E-state index is 15.2. The SMILES string of the molecule is O=C(NC1CCCC1)C(Cc1ccccc1)N(Cc1ccccc1F)C(=O)CN(c1ccccc1F)S(=O)(=O)c1ccccc1. The molecule has 4 aromatic carbocycles. The number of hydrogen-bond donors (Lipinski definition) is 1. The lowest BCUT2D eigenvalue weighted by atomic mass is 10.0. The van der Waals surface area contributed by atoms with Crippen LogP contribution in [0.5, 0.6) is 0 Å². The minimum atomic E-state index is -4.44. The summed E-state index contributed by atoms with van der Waals surface area (Å²) in [5.41, 5.74) is 0.592. The maximum Gasteiger partial charge on any atom is 0.264 e. The highest BCUT2D eigenvalue weighted by Crippen LogP contribution is 2.27. The number of rotatable bonds is 12. The first-order valence-corrected chi connectivity index (χ1v) is 16.4. The molecule has 7 nitrogen and oxygen atoms in total. The van der Waals surface area contributed by atoms with Gasteiger partial charge < -0.3 is 10.2 Å². The summed E-state index contributed by atoms with van der Waals surface area (Å²) in [6.07, 6.45) is 3.66. The molecule has 45 heavy (non-hydrogen) atoms. The first-order valence-electron chi connectivity index (χ1n) is 14.9. The third-order valence-corrected chi connectivity index (χ3v) is 9.78. The number of amides is 2. The molecule has 1 saturated carbocycles. The Bertz CT molecular complexity index is 1720. The van der Waals surface area contributed by atoms with Gasteiger partial charge in [-0.15, -0.1) is 0 Å². The van der Waals surface area contributed by atoms with Gasteiger partial charge in [0.25, 0.3) is 10.0 Å². The van der Waals surface area contributed by atoms with Crippen LogP contribution in [0.2, 0.25) is 0 Å². The van der Waals surface area contributed by atoms with E-state index >= 15 is 8.78 Å². The van der Waals surface area contributed by atoms with E-state index in [0.717, 1.165) is 37.3 Å². The number of carbonyl (C=O) groups excluding carboxylic acids is 2. The largest absolute Gasteiger partial charge is 0.352 e. The van der Waals surface area contributed by atoms with Crippen LogP contribution in [0.25, 0.3) is 0 Å². The third kappa shape index (κ3) is 7.75. The second-order valence-electron chi connectivity index (χ2n) is 11.1. The Hall–Kier alpha value is -4.57. The van der Waals surface area contributed by atoms with Gasteiger partial charge in [0.15, 0.2) is 0 Å². The summed E-state index contributed by atoms with van der Waals surface area (Å²) in [5, 5.41) is 3.07. The van der Waals surface area contributed by atoms with E-state index in [1.54, 1.807) is 12.1 Å². The molecule has 1 unspecified atom stereocenters. The van der Waals surface area contributed by atoms with Gasteiger partial charge in [-0.1, -0.05) is 91.7 Å². The summed E-state index contributed by atoms with van der Waals surface area (Å²) in [4.78, 5) is 29.4. The van der Waals surface area contributed by atoms with Crippen molar-refractivity contribution < 1.29 is 26.8 Å². The lowest BCUT2D eigenvalue weighted by molar-refractivity contribution is -0.140. The number of nitrogens with zero attached hydrogens (tertiary/aromatic N) is 2. The Balaban J connectivity index is 1.57. The molecule has 0 spiro atoms. The number of nitrogens with one attached hydrogen (secondary N) is 1. The Morgan fingerprint density at radius 2 is 1.36 bits per heavy atom. The van der Waals surface area contributed by atoms with E-state index in [1.165, 1.54) is 65.6 Å². The highest BCUT2D eigenvalue weighted by Gasteiger charge is 2.36. The van der Waals surface area contributed by atoms with Crippen LogP contribution in [-0.4, -0.2) is 43.8 Å². The van der Waals surface area contributed by atoms with Crippen LogP contribution in [0.3, 0.4) is 0 Å². The molecule has 0 heterocycles. The predicted octanol–water partition coefficient (Wildman–Crippen LogP) is 5.86. The van der Waals surface area contributed by atoms with Crippen LogP contribution in [0.1, 0.15) is 36.8 Å². The molecule has 0 bridgehead atoms. The molecule has 1 aliphatic rings. The summed E-state index contributed by atoms with van der Waals surface area (Å²) >= 11 is 0. The Labute approximate surface area is 262 Å². The van der Waals surface area contributed by atoms with Crippen LogP contribution < -0.4 is 9.62 Å². The molecule has 5 rings (SSSR count). The van der Waals surface area contributed by atoms with Gasteiger partial charge in [-0.05, 0) is 48.7 Å². The number of carbonyl (C=O) groups is 2. The number of sulfonamides is 1. The van der Waals surface area contributed by atoms with Crippen molar-refractivity contribution in [3.63, 3.8) is 0 Å². The van der Waals surface area contributed by atoms with Crippen LogP contribution in [0.4, 0.5) is 14.5 Å². The van der Waals surface area contributed by atoms with E-state index in [4.69, 9.17) is 0 Å². The highest BCUT2D eigenvalue weighted by atomic mass is 32.2. The molecule has 1 N–H and O–H groups in total. The van der Waals surface area contributed by atoms with Gasteiger partial charge in [0.1, 0.15) is 24.2 Å². The average molecular weight is 632 g/mol. The van der Waals surface area contributed by atoms with Gasteiger partial charge in [-0.2, -0.15) is 0 Å². The molecular weight excluding hydrogens is 596 g/mol. The summed E-state index contributed by atoms with van der Waals surface area (Å²) in [5.74, 6) is -2.62. The smallest absolute Gasteiger partial charge is 0.264 e. The zero-order valence-electron chi connectivity index (χ0n) is 24.7. The van der Waals surface area contributed by atoms with Crippen molar-refractivity contribution in [2.75, 3.05) is 10.8 Å². The summed E-state index contributed by atoms with van der Waals surface area (Å²) in [7, 11) is -4.44. The van der Waals surface area contributed by atoms with E-state index in [9.17, 15) is 18.0 Å². The van der Waals surface area contributed by atoms with Crippen molar-refractivity contribution in [1.29, 1.82) is 0 Å². The van der Waals surface area contributed by atoms with Crippen molar-refractivity contribution in [3.05, 3.63) is 132 Å². The molecule has 0 aromatic heterocycles. The van der Waals surface area contributed by atoms with Gasteiger partial charge in [0.05, 0.1) is 10.6 Å². The first-order chi connectivity index (χ1) is 21.7. The Morgan fingerprint density at radius 1 is 0.778 bits per heavy atom. The number of hydrogen-bond acceptors (Lipinski definition) is 4. The second kappa shape index (κ2) is 14.5. The second-order valence-corrected chi connectivity index (χ2v) is 12.9. The maximum atomic E-state index is 15.2. The average Bonchev–Trinajstić information content (AvgIpc) is 3.56. The third-order valence-electron chi connectivity index (χ3n) is 8.00. The van der Waals surface area contributed by atoms with Crippen LogP contribution in [-0.2, 0) is 32.6 Å². The zero-order valence-corrected chi connectivity index (χ0v) is 25.5. The molecule has 0 aliphatic heterocycles. The molecule has 234 valence electrons. The molecule has 1 aliphatic carbocycles. The number of halogens is 2. The predicted molar refractivity (Wildman–Crippen MR) is 169 cm³/mol. The zero-order chi connectivity index (χ0) is 31.8. The summed E-state index contributed by atoms with van der Waals surface area (Å²) in [6.45, 7) is -1.13. The van der Waals surface area contributed by atoms with Gasteiger partial charge in [-0.3, -0.25) is 13.9 Å². The van der Waals surface area contributed by atoms with Crippen molar-refractivity contribution in [1.82, 2.24) is 10.2 Å². The quantitative estimate of drug-likeness (QED) is 0.212. The fraction of sp³-hybridized carbons (Fsp3) is 0.257. The van der Waals surface area contributed by atoms with Gasteiger partial charge in [0.2, 0.25) is 11.8 Å². The lowest BCUT2D eigenvalue weighted by Crippen LogP contribution is -2.54.